The zero-order valence-corrected chi connectivity index (χ0v) is 11.7. The van der Waals surface area contributed by atoms with Crippen molar-refractivity contribution in [3.05, 3.63) is 47.5 Å². The van der Waals surface area contributed by atoms with Gasteiger partial charge in [0.15, 0.2) is 0 Å². The van der Waals surface area contributed by atoms with Crippen molar-refractivity contribution in [3.63, 3.8) is 0 Å². The number of aromatic carboxylic acids is 1. The van der Waals surface area contributed by atoms with Crippen molar-refractivity contribution in [1.82, 2.24) is 0 Å². The van der Waals surface area contributed by atoms with E-state index in [0.29, 0.717) is 18.3 Å². The Morgan fingerprint density at radius 3 is 2.76 bits per heavy atom. The molecule has 1 heterocycles. The Kier molecular flexibility index (Phi) is 4.18. The van der Waals surface area contributed by atoms with Crippen LogP contribution in [0.15, 0.2) is 36.4 Å². The van der Waals surface area contributed by atoms with Gasteiger partial charge in [0.1, 0.15) is 6.10 Å². The van der Waals surface area contributed by atoms with Crippen LogP contribution in [0.4, 0.5) is 0 Å². The van der Waals surface area contributed by atoms with Gasteiger partial charge in [-0.2, -0.15) is 0 Å². The standard InChI is InChI=1S/C17H18O4/c18-17(19)15-6-5-13-8-12(3-4-14(13)9-15)2-1-7-20-10-16-11-21-16/h3-6,8-9,16H,1-2,7,10-11H2,(H,18,19). The average Bonchev–Trinajstić information content (AvgIpc) is 3.30. The molecule has 0 bridgehead atoms. The number of hydrogen-bond donors (Lipinski definition) is 1. The third-order valence-electron chi connectivity index (χ3n) is 3.61. The molecule has 21 heavy (non-hydrogen) atoms. The lowest BCUT2D eigenvalue weighted by atomic mass is 10.0. The number of epoxide rings is 1. The van der Waals surface area contributed by atoms with Crippen LogP contribution in [0.25, 0.3) is 10.8 Å². The van der Waals surface area contributed by atoms with Gasteiger partial charge in [0.2, 0.25) is 0 Å². The fourth-order valence-electron chi connectivity index (χ4n) is 2.34. The summed E-state index contributed by atoms with van der Waals surface area (Å²) in [6, 6.07) is 11.4. The first-order valence-corrected chi connectivity index (χ1v) is 7.18. The summed E-state index contributed by atoms with van der Waals surface area (Å²) in [5.41, 5.74) is 1.57. The number of rotatable bonds is 7. The summed E-state index contributed by atoms with van der Waals surface area (Å²) >= 11 is 0. The van der Waals surface area contributed by atoms with E-state index in [1.54, 1.807) is 12.1 Å². The van der Waals surface area contributed by atoms with Gasteiger partial charge in [-0.05, 0) is 41.3 Å². The smallest absolute Gasteiger partial charge is 0.335 e. The van der Waals surface area contributed by atoms with Crippen molar-refractivity contribution in [3.8, 4) is 0 Å². The molecule has 1 fully saturated rings. The number of aryl methyl sites for hydroxylation is 1. The molecule has 0 amide bonds. The molecule has 0 saturated carbocycles. The van der Waals surface area contributed by atoms with E-state index in [0.717, 1.165) is 36.8 Å². The molecule has 2 aromatic carbocycles. The summed E-state index contributed by atoms with van der Waals surface area (Å²) < 4.78 is 10.6. The normalized spacial score (nSPS) is 17.0. The summed E-state index contributed by atoms with van der Waals surface area (Å²) in [5, 5.41) is 11.0. The first-order valence-electron chi connectivity index (χ1n) is 7.18. The van der Waals surface area contributed by atoms with E-state index in [4.69, 9.17) is 14.6 Å². The summed E-state index contributed by atoms with van der Waals surface area (Å²) in [4.78, 5) is 10.9. The SMILES string of the molecule is O=C(O)c1ccc2cc(CCCOCC3CO3)ccc2c1. The highest BCUT2D eigenvalue weighted by molar-refractivity contribution is 5.94. The molecule has 0 aromatic heterocycles. The average molecular weight is 286 g/mol. The fourth-order valence-corrected chi connectivity index (χ4v) is 2.34. The molecule has 1 aliphatic heterocycles. The molecule has 4 nitrogen and oxygen atoms in total. The maximum Gasteiger partial charge on any atom is 0.335 e. The highest BCUT2D eigenvalue weighted by Gasteiger charge is 2.21. The van der Waals surface area contributed by atoms with Crippen molar-refractivity contribution in [2.45, 2.75) is 18.9 Å². The van der Waals surface area contributed by atoms with Crippen LogP contribution < -0.4 is 0 Å². The van der Waals surface area contributed by atoms with Crippen molar-refractivity contribution in [2.75, 3.05) is 19.8 Å². The Bertz CT molecular complexity index is 646. The molecule has 0 aliphatic carbocycles. The fraction of sp³-hybridized carbons (Fsp3) is 0.353. The van der Waals surface area contributed by atoms with Gasteiger partial charge >= 0.3 is 5.97 Å². The predicted octanol–water partition coefficient (Wildman–Crippen LogP) is 2.89. The van der Waals surface area contributed by atoms with Crippen molar-refractivity contribution >= 4 is 16.7 Å². The van der Waals surface area contributed by atoms with Crippen LogP contribution in [-0.2, 0) is 15.9 Å². The van der Waals surface area contributed by atoms with Crippen LogP contribution in [0.2, 0.25) is 0 Å². The molecule has 4 heteroatoms. The number of carbonyl (C=O) groups is 1. The number of carboxylic acids is 1. The minimum atomic E-state index is -0.891. The van der Waals surface area contributed by atoms with Gasteiger partial charge in [-0.25, -0.2) is 4.79 Å². The zero-order valence-electron chi connectivity index (χ0n) is 11.7. The third-order valence-corrected chi connectivity index (χ3v) is 3.61. The largest absolute Gasteiger partial charge is 0.478 e. The second-order valence-corrected chi connectivity index (χ2v) is 5.34. The second kappa shape index (κ2) is 6.24. The van der Waals surface area contributed by atoms with Gasteiger partial charge < -0.3 is 14.6 Å². The number of benzene rings is 2. The molecule has 0 spiro atoms. The van der Waals surface area contributed by atoms with Gasteiger partial charge in [-0.1, -0.05) is 24.3 Å². The van der Waals surface area contributed by atoms with Crippen LogP contribution in [0, 0.1) is 0 Å². The molecule has 1 saturated heterocycles. The van der Waals surface area contributed by atoms with Crippen LogP contribution in [0.1, 0.15) is 22.3 Å². The molecule has 110 valence electrons. The lowest BCUT2D eigenvalue weighted by Gasteiger charge is -2.05. The maximum absolute atomic E-state index is 10.9. The number of hydrogen-bond acceptors (Lipinski definition) is 3. The van der Waals surface area contributed by atoms with Crippen LogP contribution >= 0.6 is 0 Å². The third kappa shape index (κ3) is 3.80. The van der Waals surface area contributed by atoms with Gasteiger partial charge in [0, 0.05) is 6.61 Å². The lowest BCUT2D eigenvalue weighted by molar-refractivity contribution is 0.0697. The minimum absolute atomic E-state index is 0.325. The molecule has 1 N–H and O–H groups in total. The molecular weight excluding hydrogens is 268 g/mol. The van der Waals surface area contributed by atoms with E-state index in [9.17, 15) is 4.79 Å². The molecule has 1 aliphatic rings. The number of carboxylic acid groups (broad SMARTS) is 1. The Morgan fingerprint density at radius 2 is 2.00 bits per heavy atom. The predicted molar refractivity (Wildman–Crippen MR) is 79.8 cm³/mol. The highest BCUT2D eigenvalue weighted by atomic mass is 16.6. The first kappa shape index (κ1) is 14.0. The van der Waals surface area contributed by atoms with Gasteiger partial charge in [-0.15, -0.1) is 0 Å². The van der Waals surface area contributed by atoms with Crippen molar-refractivity contribution in [1.29, 1.82) is 0 Å². The van der Waals surface area contributed by atoms with E-state index in [-0.39, 0.29) is 0 Å². The molecule has 2 aromatic rings. The van der Waals surface area contributed by atoms with Crippen LogP contribution in [-0.4, -0.2) is 37.0 Å². The molecular formula is C17H18O4. The quantitative estimate of drug-likeness (QED) is 0.628. The van der Waals surface area contributed by atoms with Gasteiger partial charge in [0.05, 0.1) is 18.8 Å². The Morgan fingerprint density at radius 1 is 1.24 bits per heavy atom. The van der Waals surface area contributed by atoms with Crippen molar-refractivity contribution in [2.24, 2.45) is 0 Å². The molecule has 0 radical (unpaired) electrons. The topological polar surface area (TPSA) is 59.1 Å². The Hall–Kier alpha value is -1.91. The number of fused-ring (bicyclic) bond motifs is 1. The van der Waals surface area contributed by atoms with E-state index >= 15 is 0 Å². The Balaban J connectivity index is 1.58. The monoisotopic (exact) mass is 286 g/mol. The van der Waals surface area contributed by atoms with Gasteiger partial charge in [0.25, 0.3) is 0 Å². The van der Waals surface area contributed by atoms with E-state index in [1.807, 2.05) is 12.1 Å². The second-order valence-electron chi connectivity index (χ2n) is 5.34. The summed E-state index contributed by atoms with van der Waals surface area (Å²) in [6.45, 7) is 2.29. The molecule has 1 unspecified atom stereocenters. The summed E-state index contributed by atoms with van der Waals surface area (Å²) in [5.74, 6) is -0.891. The summed E-state index contributed by atoms with van der Waals surface area (Å²) in [7, 11) is 0. The first-order chi connectivity index (χ1) is 10.2. The van der Waals surface area contributed by atoms with E-state index in [2.05, 4.69) is 12.1 Å². The molecule has 1 atom stereocenters. The maximum atomic E-state index is 10.9. The van der Waals surface area contributed by atoms with E-state index in [1.165, 1.54) is 5.56 Å². The Labute approximate surface area is 123 Å². The van der Waals surface area contributed by atoms with Crippen LogP contribution in [0.5, 0.6) is 0 Å². The van der Waals surface area contributed by atoms with Crippen molar-refractivity contribution < 1.29 is 19.4 Å². The molecule has 3 rings (SSSR count). The highest BCUT2D eigenvalue weighted by Crippen LogP contribution is 2.19. The zero-order chi connectivity index (χ0) is 14.7. The minimum Gasteiger partial charge on any atom is -0.478 e. The number of ether oxygens (including phenoxy) is 2. The summed E-state index contributed by atoms with van der Waals surface area (Å²) in [6.07, 6.45) is 2.27. The lowest BCUT2D eigenvalue weighted by Crippen LogP contribution is -2.03. The van der Waals surface area contributed by atoms with E-state index < -0.39 is 5.97 Å². The van der Waals surface area contributed by atoms with Gasteiger partial charge in [-0.3, -0.25) is 0 Å². The van der Waals surface area contributed by atoms with Crippen LogP contribution in [0.3, 0.4) is 0 Å².